The predicted octanol–water partition coefficient (Wildman–Crippen LogP) is 2.91. The van der Waals surface area contributed by atoms with Crippen LogP contribution in [0.1, 0.15) is 30.8 Å². The first kappa shape index (κ1) is 15.7. The zero-order valence-corrected chi connectivity index (χ0v) is 13.2. The van der Waals surface area contributed by atoms with Crippen LogP contribution in [-0.4, -0.2) is 23.5 Å². The molecule has 0 aliphatic heterocycles. The second-order valence-corrected chi connectivity index (χ2v) is 6.30. The standard InChI is InChI=1S/C16H21N3OS/c1-11(2)8-13(9-17)18-15(20)14-10-21-16(19-14)12-6-4-3-5-7-12/h3-7,10-11,13H,8-9,17H2,1-2H3,(H,18,20). The number of nitrogens with zero attached hydrogens (tertiary/aromatic N) is 1. The summed E-state index contributed by atoms with van der Waals surface area (Å²) < 4.78 is 0. The Morgan fingerprint density at radius 2 is 2.05 bits per heavy atom. The van der Waals surface area contributed by atoms with Crippen LogP contribution in [-0.2, 0) is 0 Å². The van der Waals surface area contributed by atoms with Gasteiger partial charge in [0, 0.05) is 23.5 Å². The number of nitrogens with one attached hydrogen (secondary N) is 1. The van der Waals surface area contributed by atoms with Gasteiger partial charge in [-0.2, -0.15) is 0 Å². The SMILES string of the molecule is CC(C)CC(CN)NC(=O)c1csc(-c2ccccc2)n1. The molecule has 1 amide bonds. The van der Waals surface area contributed by atoms with Crippen LogP contribution in [0.5, 0.6) is 0 Å². The Labute approximate surface area is 129 Å². The van der Waals surface area contributed by atoms with Crippen molar-refractivity contribution in [3.63, 3.8) is 0 Å². The lowest BCUT2D eigenvalue weighted by Gasteiger charge is -2.18. The van der Waals surface area contributed by atoms with Crippen LogP contribution >= 0.6 is 11.3 Å². The fourth-order valence-corrected chi connectivity index (χ4v) is 2.94. The van der Waals surface area contributed by atoms with E-state index in [9.17, 15) is 4.79 Å². The molecule has 0 spiro atoms. The smallest absolute Gasteiger partial charge is 0.271 e. The van der Waals surface area contributed by atoms with Gasteiger partial charge in [0.2, 0.25) is 0 Å². The molecule has 0 aliphatic rings. The van der Waals surface area contributed by atoms with Gasteiger partial charge in [0.25, 0.3) is 5.91 Å². The highest BCUT2D eigenvalue weighted by atomic mass is 32.1. The Bertz CT molecular complexity index is 580. The van der Waals surface area contributed by atoms with E-state index in [1.165, 1.54) is 11.3 Å². The van der Waals surface area contributed by atoms with Gasteiger partial charge in [-0.3, -0.25) is 4.79 Å². The van der Waals surface area contributed by atoms with E-state index >= 15 is 0 Å². The van der Waals surface area contributed by atoms with E-state index in [-0.39, 0.29) is 11.9 Å². The maximum atomic E-state index is 12.2. The number of thiazole rings is 1. The molecule has 0 fully saturated rings. The van der Waals surface area contributed by atoms with Crippen molar-refractivity contribution in [3.05, 3.63) is 41.4 Å². The third-order valence-electron chi connectivity index (χ3n) is 3.13. The topological polar surface area (TPSA) is 68.0 Å². The van der Waals surface area contributed by atoms with E-state index in [0.29, 0.717) is 18.2 Å². The molecule has 2 rings (SSSR count). The van der Waals surface area contributed by atoms with E-state index in [4.69, 9.17) is 5.73 Å². The molecule has 1 heterocycles. The summed E-state index contributed by atoms with van der Waals surface area (Å²) in [5.41, 5.74) is 7.20. The predicted molar refractivity (Wildman–Crippen MR) is 87.3 cm³/mol. The monoisotopic (exact) mass is 303 g/mol. The molecule has 0 bridgehead atoms. The summed E-state index contributed by atoms with van der Waals surface area (Å²) in [6.45, 7) is 4.68. The molecular formula is C16H21N3OS. The summed E-state index contributed by atoms with van der Waals surface area (Å²) in [5, 5.41) is 5.61. The number of rotatable bonds is 6. The van der Waals surface area contributed by atoms with Crippen molar-refractivity contribution in [2.45, 2.75) is 26.3 Å². The van der Waals surface area contributed by atoms with Crippen molar-refractivity contribution in [1.82, 2.24) is 10.3 Å². The van der Waals surface area contributed by atoms with Gasteiger partial charge in [-0.1, -0.05) is 44.2 Å². The Kier molecular flexibility index (Phi) is 5.47. The van der Waals surface area contributed by atoms with Crippen LogP contribution in [0.2, 0.25) is 0 Å². The molecule has 5 heteroatoms. The number of carbonyl (C=O) groups is 1. The number of amides is 1. The van der Waals surface area contributed by atoms with Crippen molar-refractivity contribution < 1.29 is 4.79 Å². The van der Waals surface area contributed by atoms with Gasteiger partial charge in [-0.25, -0.2) is 4.98 Å². The number of carbonyl (C=O) groups excluding carboxylic acids is 1. The molecule has 1 aromatic heterocycles. The van der Waals surface area contributed by atoms with Gasteiger partial charge in [0.15, 0.2) is 0 Å². The highest BCUT2D eigenvalue weighted by molar-refractivity contribution is 7.13. The van der Waals surface area contributed by atoms with Crippen LogP contribution in [0.3, 0.4) is 0 Å². The maximum absolute atomic E-state index is 12.2. The van der Waals surface area contributed by atoms with Crippen molar-refractivity contribution in [1.29, 1.82) is 0 Å². The number of hydrogen-bond donors (Lipinski definition) is 2. The Morgan fingerprint density at radius 3 is 2.67 bits per heavy atom. The second-order valence-electron chi connectivity index (χ2n) is 5.44. The number of benzene rings is 1. The summed E-state index contributed by atoms with van der Waals surface area (Å²) in [4.78, 5) is 16.6. The Balaban J connectivity index is 2.05. The third-order valence-corrected chi connectivity index (χ3v) is 4.02. The highest BCUT2D eigenvalue weighted by Crippen LogP contribution is 2.23. The largest absolute Gasteiger partial charge is 0.347 e. The van der Waals surface area contributed by atoms with Crippen molar-refractivity contribution in [2.24, 2.45) is 11.7 Å². The van der Waals surface area contributed by atoms with E-state index in [2.05, 4.69) is 24.1 Å². The van der Waals surface area contributed by atoms with E-state index in [1.54, 1.807) is 5.38 Å². The summed E-state index contributed by atoms with van der Waals surface area (Å²) in [6, 6.07) is 9.86. The first-order chi connectivity index (χ1) is 10.1. The summed E-state index contributed by atoms with van der Waals surface area (Å²) >= 11 is 1.48. The average Bonchev–Trinajstić information content (AvgIpc) is 2.97. The minimum Gasteiger partial charge on any atom is -0.347 e. The number of nitrogens with two attached hydrogens (primary N) is 1. The number of aromatic nitrogens is 1. The fraction of sp³-hybridized carbons (Fsp3) is 0.375. The molecule has 0 aliphatic carbocycles. The van der Waals surface area contributed by atoms with Crippen molar-refractivity contribution >= 4 is 17.2 Å². The normalized spacial score (nSPS) is 12.4. The van der Waals surface area contributed by atoms with Crippen LogP contribution < -0.4 is 11.1 Å². The number of hydrogen-bond acceptors (Lipinski definition) is 4. The van der Waals surface area contributed by atoms with Gasteiger partial charge in [-0.05, 0) is 12.3 Å². The van der Waals surface area contributed by atoms with Crippen molar-refractivity contribution in [3.8, 4) is 10.6 Å². The lowest BCUT2D eigenvalue weighted by Crippen LogP contribution is -2.41. The van der Waals surface area contributed by atoms with E-state index in [1.807, 2.05) is 30.3 Å². The zero-order valence-electron chi connectivity index (χ0n) is 12.4. The van der Waals surface area contributed by atoms with Crippen LogP contribution in [0.4, 0.5) is 0 Å². The Morgan fingerprint density at radius 1 is 1.33 bits per heavy atom. The fourth-order valence-electron chi connectivity index (χ4n) is 2.13. The Hall–Kier alpha value is -1.72. The van der Waals surface area contributed by atoms with Gasteiger partial charge >= 0.3 is 0 Å². The molecular weight excluding hydrogens is 282 g/mol. The molecule has 3 N–H and O–H groups in total. The molecule has 1 atom stereocenters. The summed E-state index contributed by atoms with van der Waals surface area (Å²) in [5.74, 6) is 0.346. The average molecular weight is 303 g/mol. The minimum atomic E-state index is -0.149. The molecule has 0 saturated carbocycles. The first-order valence-electron chi connectivity index (χ1n) is 7.12. The van der Waals surface area contributed by atoms with Crippen LogP contribution in [0.25, 0.3) is 10.6 Å². The lowest BCUT2D eigenvalue weighted by atomic mass is 10.0. The second kappa shape index (κ2) is 7.33. The quantitative estimate of drug-likeness (QED) is 0.862. The van der Waals surface area contributed by atoms with Crippen LogP contribution in [0, 0.1) is 5.92 Å². The first-order valence-corrected chi connectivity index (χ1v) is 8.00. The summed E-state index contributed by atoms with van der Waals surface area (Å²) in [6.07, 6.45) is 0.873. The van der Waals surface area contributed by atoms with Crippen molar-refractivity contribution in [2.75, 3.05) is 6.54 Å². The molecule has 0 saturated heterocycles. The molecule has 2 aromatic rings. The molecule has 1 aromatic carbocycles. The molecule has 1 unspecified atom stereocenters. The van der Waals surface area contributed by atoms with Gasteiger partial charge in [-0.15, -0.1) is 11.3 Å². The van der Waals surface area contributed by atoms with Gasteiger partial charge in [0.05, 0.1) is 0 Å². The lowest BCUT2D eigenvalue weighted by molar-refractivity contribution is 0.0929. The molecule has 112 valence electrons. The molecule has 21 heavy (non-hydrogen) atoms. The van der Waals surface area contributed by atoms with E-state index in [0.717, 1.165) is 17.0 Å². The third kappa shape index (κ3) is 4.37. The zero-order chi connectivity index (χ0) is 15.2. The van der Waals surface area contributed by atoms with E-state index < -0.39 is 0 Å². The summed E-state index contributed by atoms with van der Waals surface area (Å²) in [7, 11) is 0. The van der Waals surface area contributed by atoms with Gasteiger partial charge in [0.1, 0.15) is 10.7 Å². The minimum absolute atomic E-state index is 0.000578. The van der Waals surface area contributed by atoms with Crippen LogP contribution in [0.15, 0.2) is 35.7 Å². The maximum Gasteiger partial charge on any atom is 0.271 e. The highest BCUT2D eigenvalue weighted by Gasteiger charge is 2.16. The molecule has 0 radical (unpaired) electrons. The molecule has 4 nitrogen and oxygen atoms in total. The van der Waals surface area contributed by atoms with Gasteiger partial charge < -0.3 is 11.1 Å².